The third kappa shape index (κ3) is 6.56. The SMILES string of the molecule is Cc1ccccc1SCC(=O)NCCCN.Cl. The zero-order valence-electron chi connectivity index (χ0n) is 9.94. The van der Waals surface area contributed by atoms with Crippen molar-refractivity contribution in [2.75, 3.05) is 18.8 Å². The second-order valence-corrected chi connectivity index (χ2v) is 4.56. The number of hydrogen-bond donors (Lipinski definition) is 2. The maximum Gasteiger partial charge on any atom is 0.230 e. The van der Waals surface area contributed by atoms with Gasteiger partial charge in [-0.1, -0.05) is 18.2 Å². The highest BCUT2D eigenvalue weighted by molar-refractivity contribution is 8.00. The molecule has 0 bridgehead atoms. The third-order valence-electron chi connectivity index (χ3n) is 2.16. The van der Waals surface area contributed by atoms with Crippen LogP contribution >= 0.6 is 24.2 Å². The van der Waals surface area contributed by atoms with Crippen molar-refractivity contribution < 1.29 is 4.79 Å². The molecular weight excluding hydrogens is 256 g/mol. The first-order chi connectivity index (χ1) is 7.74. The number of carbonyl (C=O) groups is 1. The fourth-order valence-corrected chi connectivity index (χ4v) is 2.10. The molecule has 0 saturated heterocycles. The fourth-order valence-electron chi connectivity index (χ4n) is 1.24. The molecule has 0 fully saturated rings. The summed E-state index contributed by atoms with van der Waals surface area (Å²) in [6.07, 6.45) is 0.834. The lowest BCUT2D eigenvalue weighted by molar-refractivity contribution is -0.118. The van der Waals surface area contributed by atoms with E-state index in [0.717, 1.165) is 11.3 Å². The van der Waals surface area contributed by atoms with Crippen LogP contribution in [0.2, 0.25) is 0 Å². The van der Waals surface area contributed by atoms with E-state index < -0.39 is 0 Å². The van der Waals surface area contributed by atoms with Gasteiger partial charge in [0.1, 0.15) is 0 Å². The van der Waals surface area contributed by atoms with Crippen LogP contribution in [0.25, 0.3) is 0 Å². The van der Waals surface area contributed by atoms with E-state index in [1.165, 1.54) is 5.56 Å². The zero-order valence-corrected chi connectivity index (χ0v) is 11.6. The number of halogens is 1. The predicted molar refractivity (Wildman–Crippen MR) is 75.8 cm³/mol. The van der Waals surface area contributed by atoms with Crippen LogP contribution in [-0.4, -0.2) is 24.7 Å². The first kappa shape index (κ1) is 16.3. The molecule has 0 aromatic heterocycles. The molecule has 96 valence electrons. The van der Waals surface area contributed by atoms with Gasteiger partial charge in [-0.15, -0.1) is 24.2 Å². The number of aryl methyl sites for hydroxylation is 1. The Kier molecular flexibility index (Phi) is 8.94. The topological polar surface area (TPSA) is 55.1 Å². The minimum absolute atomic E-state index is 0. The number of thioether (sulfide) groups is 1. The molecule has 1 aromatic rings. The lowest BCUT2D eigenvalue weighted by Gasteiger charge is -2.06. The standard InChI is InChI=1S/C12H18N2OS.ClH/c1-10-5-2-3-6-11(10)16-9-12(15)14-8-4-7-13;/h2-3,5-6H,4,7-9,13H2,1H3,(H,14,15);1H. The van der Waals surface area contributed by atoms with E-state index in [-0.39, 0.29) is 18.3 Å². The summed E-state index contributed by atoms with van der Waals surface area (Å²) in [5, 5.41) is 2.83. The first-order valence-electron chi connectivity index (χ1n) is 5.39. The van der Waals surface area contributed by atoms with Crippen molar-refractivity contribution in [1.82, 2.24) is 5.32 Å². The van der Waals surface area contributed by atoms with Crippen LogP contribution < -0.4 is 11.1 Å². The van der Waals surface area contributed by atoms with Crippen LogP contribution in [-0.2, 0) is 4.79 Å². The first-order valence-corrected chi connectivity index (χ1v) is 6.38. The Hall–Kier alpha value is -0.710. The number of benzene rings is 1. The average molecular weight is 275 g/mol. The maximum absolute atomic E-state index is 11.4. The molecule has 1 rings (SSSR count). The summed E-state index contributed by atoms with van der Waals surface area (Å²) in [4.78, 5) is 12.6. The molecule has 0 aliphatic rings. The van der Waals surface area contributed by atoms with E-state index in [2.05, 4.69) is 18.3 Å². The highest BCUT2D eigenvalue weighted by Gasteiger charge is 2.03. The van der Waals surface area contributed by atoms with E-state index in [1.54, 1.807) is 11.8 Å². The van der Waals surface area contributed by atoms with Gasteiger partial charge in [0.2, 0.25) is 5.91 Å². The Morgan fingerprint density at radius 1 is 1.41 bits per heavy atom. The number of carbonyl (C=O) groups excluding carboxylic acids is 1. The van der Waals surface area contributed by atoms with Crippen molar-refractivity contribution in [2.45, 2.75) is 18.2 Å². The molecule has 3 N–H and O–H groups in total. The van der Waals surface area contributed by atoms with Gasteiger partial charge in [-0.05, 0) is 31.5 Å². The molecule has 3 nitrogen and oxygen atoms in total. The Labute approximate surface area is 113 Å². The minimum atomic E-state index is 0. The molecule has 0 heterocycles. The van der Waals surface area contributed by atoms with Gasteiger partial charge in [-0.3, -0.25) is 4.79 Å². The van der Waals surface area contributed by atoms with Gasteiger partial charge in [0, 0.05) is 11.4 Å². The van der Waals surface area contributed by atoms with Crippen molar-refractivity contribution in [3.8, 4) is 0 Å². The van der Waals surface area contributed by atoms with Crippen LogP contribution in [0.3, 0.4) is 0 Å². The summed E-state index contributed by atoms with van der Waals surface area (Å²) in [5.74, 6) is 0.539. The highest BCUT2D eigenvalue weighted by atomic mass is 35.5. The summed E-state index contributed by atoms with van der Waals surface area (Å²) in [6.45, 7) is 3.34. The summed E-state index contributed by atoms with van der Waals surface area (Å²) in [7, 11) is 0. The summed E-state index contributed by atoms with van der Waals surface area (Å²) >= 11 is 1.57. The Morgan fingerprint density at radius 3 is 2.76 bits per heavy atom. The molecule has 0 spiro atoms. The molecule has 1 amide bonds. The van der Waals surface area contributed by atoms with Crippen LogP contribution in [0.5, 0.6) is 0 Å². The van der Waals surface area contributed by atoms with Gasteiger partial charge >= 0.3 is 0 Å². The van der Waals surface area contributed by atoms with Gasteiger partial charge in [-0.25, -0.2) is 0 Å². The van der Waals surface area contributed by atoms with Crippen LogP contribution in [0.4, 0.5) is 0 Å². The predicted octanol–water partition coefficient (Wildman–Crippen LogP) is 1.97. The second-order valence-electron chi connectivity index (χ2n) is 3.55. The normalized spacial score (nSPS) is 9.53. The van der Waals surface area contributed by atoms with E-state index >= 15 is 0 Å². The van der Waals surface area contributed by atoms with Gasteiger partial charge in [0.15, 0.2) is 0 Å². The lowest BCUT2D eigenvalue weighted by Crippen LogP contribution is -2.27. The Morgan fingerprint density at radius 2 is 2.12 bits per heavy atom. The van der Waals surface area contributed by atoms with Crippen molar-refractivity contribution in [1.29, 1.82) is 0 Å². The molecule has 5 heteroatoms. The summed E-state index contributed by atoms with van der Waals surface area (Å²) < 4.78 is 0. The molecule has 0 radical (unpaired) electrons. The quantitative estimate of drug-likeness (QED) is 0.616. The van der Waals surface area contributed by atoms with Gasteiger partial charge in [0.05, 0.1) is 5.75 Å². The summed E-state index contributed by atoms with van der Waals surface area (Å²) in [5.41, 5.74) is 6.55. The van der Waals surface area contributed by atoms with Gasteiger partial charge in [-0.2, -0.15) is 0 Å². The van der Waals surface area contributed by atoms with Crippen molar-refractivity contribution in [2.24, 2.45) is 5.73 Å². The highest BCUT2D eigenvalue weighted by Crippen LogP contribution is 2.21. The van der Waals surface area contributed by atoms with Crippen LogP contribution in [0, 0.1) is 6.92 Å². The molecule has 17 heavy (non-hydrogen) atoms. The van der Waals surface area contributed by atoms with Gasteiger partial charge < -0.3 is 11.1 Å². The van der Waals surface area contributed by atoms with Crippen molar-refractivity contribution >= 4 is 30.1 Å². The molecular formula is C12H19ClN2OS. The zero-order chi connectivity index (χ0) is 11.8. The largest absolute Gasteiger partial charge is 0.355 e. The van der Waals surface area contributed by atoms with Gasteiger partial charge in [0.25, 0.3) is 0 Å². The number of nitrogens with two attached hydrogens (primary N) is 1. The third-order valence-corrected chi connectivity index (χ3v) is 3.33. The van der Waals surface area contributed by atoms with E-state index in [1.807, 2.05) is 18.2 Å². The molecule has 0 unspecified atom stereocenters. The summed E-state index contributed by atoms with van der Waals surface area (Å²) in [6, 6.07) is 8.07. The average Bonchev–Trinajstić information content (AvgIpc) is 2.28. The smallest absolute Gasteiger partial charge is 0.230 e. The van der Waals surface area contributed by atoms with Crippen LogP contribution in [0.15, 0.2) is 29.2 Å². The Balaban J connectivity index is 0.00000256. The maximum atomic E-state index is 11.4. The van der Waals surface area contributed by atoms with Crippen LogP contribution in [0.1, 0.15) is 12.0 Å². The Bertz CT molecular complexity index is 347. The van der Waals surface area contributed by atoms with E-state index in [4.69, 9.17) is 5.73 Å². The minimum Gasteiger partial charge on any atom is -0.355 e. The number of nitrogens with one attached hydrogen (secondary N) is 1. The number of hydrogen-bond acceptors (Lipinski definition) is 3. The molecule has 0 aliphatic heterocycles. The second kappa shape index (κ2) is 9.33. The molecule has 0 aliphatic carbocycles. The lowest BCUT2D eigenvalue weighted by atomic mass is 10.2. The number of amides is 1. The number of rotatable bonds is 6. The van der Waals surface area contributed by atoms with E-state index in [0.29, 0.717) is 18.8 Å². The molecule has 1 aromatic carbocycles. The monoisotopic (exact) mass is 274 g/mol. The van der Waals surface area contributed by atoms with Crippen molar-refractivity contribution in [3.63, 3.8) is 0 Å². The molecule has 0 atom stereocenters. The molecule has 0 saturated carbocycles. The fraction of sp³-hybridized carbons (Fsp3) is 0.417. The van der Waals surface area contributed by atoms with E-state index in [9.17, 15) is 4.79 Å². The van der Waals surface area contributed by atoms with Crippen molar-refractivity contribution in [3.05, 3.63) is 29.8 Å².